The van der Waals surface area contributed by atoms with Crippen molar-refractivity contribution in [1.82, 2.24) is 4.57 Å². The molecular weight excluding hydrogens is 641 g/mol. The van der Waals surface area contributed by atoms with Crippen molar-refractivity contribution < 1.29 is 0 Å². The molecule has 0 saturated carbocycles. The number of aryl methyl sites for hydroxylation is 1. The van der Waals surface area contributed by atoms with Crippen molar-refractivity contribution >= 4 is 38.9 Å². The largest absolute Gasteiger partial charge is 0.310 e. The van der Waals surface area contributed by atoms with Gasteiger partial charge in [0, 0.05) is 39.4 Å². The fourth-order valence-corrected chi connectivity index (χ4v) is 8.63. The summed E-state index contributed by atoms with van der Waals surface area (Å²) in [4.78, 5) is 2.40. The Bertz CT molecular complexity index is 2780. The Morgan fingerprint density at radius 3 is 1.75 bits per heavy atom. The van der Waals surface area contributed by atoms with Gasteiger partial charge < -0.3 is 9.47 Å². The van der Waals surface area contributed by atoms with Gasteiger partial charge in [0.05, 0.1) is 11.0 Å². The maximum Gasteiger partial charge on any atom is 0.0541 e. The number of nitrogens with zero attached hydrogens (tertiary/aromatic N) is 2. The van der Waals surface area contributed by atoms with Crippen LogP contribution in [0.4, 0.5) is 17.1 Å². The molecule has 9 aromatic rings. The normalized spacial score (nSPS) is 13.3. The molecule has 2 nitrogen and oxygen atoms in total. The van der Waals surface area contributed by atoms with Crippen LogP contribution in [-0.2, 0) is 0 Å². The predicted octanol–water partition coefficient (Wildman–Crippen LogP) is 14.0. The molecule has 0 spiro atoms. The third kappa shape index (κ3) is 5.18. The topological polar surface area (TPSA) is 8.17 Å². The van der Waals surface area contributed by atoms with Crippen molar-refractivity contribution in [1.29, 1.82) is 0 Å². The molecule has 10 rings (SSSR count). The summed E-state index contributed by atoms with van der Waals surface area (Å²) in [6.07, 6.45) is 0. The Kier molecular flexibility index (Phi) is 7.37. The number of benzene rings is 8. The summed E-state index contributed by atoms with van der Waals surface area (Å²) in [6.45, 7) is 4.59. The molecule has 53 heavy (non-hydrogen) atoms. The van der Waals surface area contributed by atoms with E-state index in [0.717, 1.165) is 17.1 Å². The Labute approximate surface area is 310 Å². The minimum atomic E-state index is 0.341. The highest BCUT2D eigenvalue weighted by atomic mass is 15.1. The van der Waals surface area contributed by atoms with Crippen molar-refractivity contribution in [3.63, 3.8) is 0 Å². The van der Waals surface area contributed by atoms with Gasteiger partial charge in [-0.2, -0.15) is 0 Å². The first-order chi connectivity index (χ1) is 26.1. The molecule has 0 bridgehead atoms. The third-order valence-electron chi connectivity index (χ3n) is 11.2. The molecule has 1 heterocycles. The standard InChI is InChI=1S/C51H38N2/c1-34-12-11-18-46-44-30-29-43(33-47(44)35(2)51(34)46)52(41-25-20-37(21-26-41)36-13-5-3-6-14-36)42-27-22-38(23-28-42)39-24-31-50-48(32-39)45-17-9-10-19-49(45)53(50)40-15-7-4-8-16-40/h3-33,35H,1-2H3. The van der Waals surface area contributed by atoms with E-state index in [4.69, 9.17) is 0 Å². The molecule has 0 amide bonds. The number of anilines is 3. The summed E-state index contributed by atoms with van der Waals surface area (Å²) in [5.74, 6) is 0.341. The first-order valence-electron chi connectivity index (χ1n) is 18.5. The highest BCUT2D eigenvalue weighted by Crippen LogP contribution is 2.48. The van der Waals surface area contributed by atoms with Crippen molar-refractivity contribution in [3.05, 3.63) is 205 Å². The van der Waals surface area contributed by atoms with Gasteiger partial charge in [-0.05, 0) is 124 Å². The maximum atomic E-state index is 2.41. The summed E-state index contributed by atoms with van der Waals surface area (Å²) in [5.41, 5.74) is 18.8. The molecule has 0 radical (unpaired) electrons. The average molecular weight is 679 g/mol. The van der Waals surface area contributed by atoms with E-state index in [1.54, 1.807) is 0 Å². The van der Waals surface area contributed by atoms with Crippen LogP contribution >= 0.6 is 0 Å². The van der Waals surface area contributed by atoms with E-state index in [-0.39, 0.29) is 0 Å². The molecule has 1 aromatic heterocycles. The summed E-state index contributed by atoms with van der Waals surface area (Å²) >= 11 is 0. The first kappa shape index (κ1) is 31.1. The van der Waals surface area contributed by atoms with Crippen LogP contribution in [0, 0.1) is 6.92 Å². The highest BCUT2D eigenvalue weighted by Gasteiger charge is 2.28. The van der Waals surface area contributed by atoms with Gasteiger partial charge in [0.2, 0.25) is 0 Å². The van der Waals surface area contributed by atoms with Crippen molar-refractivity contribution in [3.8, 4) is 39.1 Å². The Hall–Kier alpha value is -6.64. The second kappa shape index (κ2) is 12.5. The van der Waals surface area contributed by atoms with Crippen LogP contribution in [0.5, 0.6) is 0 Å². The van der Waals surface area contributed by atoms with Gasteiger partial charge in [0.1, 0.15) is 0 Å². The fraction of sp³-hybridized carbons (Fsp3) is 0.0588. The maximum absolute atomic E-state index is 2.41. The van der Waals surface area contributed by atoms with Gasteiger partial charge in [-0.1, -0.05) is 128 Å². The molecular formula is C51H38N2. The molecule has 1 aliphatic carbocycles. The van der Waals surface area contributed by atoms with Crippen LogP contribution in [0.25, 0.3) is 60.9 Å². The SMILES string of the molecule is Cc1cccc2c1C(C)c1cc(N(c3ccc(-c4ccccc4)cc3)c3ccc(-c4ccc5c(c4)c4ccccc4n5-c4ccccc4)cc3)ccc1-2. The van der Waals surface area contributed by atoms with E-state index in [1.165, 1.54) is 77.6 Å². The Morgan fingerprint density at radius 2 is 1.02 bits per heavy atom. The van der Waals surface area contributed by atoms with E-state index >= 15 is 0 Å². The number of fused-ring (bicyclic) bond motifs is 6. The average Bonchev–Trinajstić information content (AvgIpc) is 3.71. The summed E-state index contributed by atoms with van der Waals surface area (Å²) in [5, 5.41) is 2.52. The second-order valence-electron chi connectivity index (χ2n) is 14.2. The van der Waals surface area contributed by atoms with E-state index < -0.39 is 0 Å². The lowest BCUT2D eigenvalue weighted by molar-refractivity contribution is 0.943. The molecule has 0 fully saturated rings. The summed E-state index contributed by atoms with van der Waals surface area (Å²) in [7, 11) is 0. The highest BCUT2D eigenvalue weighted by molar-refractivity contribution is 6.10. The lowest BCUT2D eigenvalue weighted by Crippen LogP contribution is -2.10. The van der Waals surface area contributed by atoms with Gasteiger partial charge in [0.25, 0.3) is 0 Å². The first-order valence-corrected chi connectivity index (χ1v) is 18.5. The van der Waals surface area contributed by atoms with Crippen LogP contribution in [-0.4, -0.2) is 4.57 Å². The van der Waals surface area contributed by atoms with Crippen LogP contribution in [0.1, 0.15) is 29.5 Å². The molecule has 0 saturated heterocycles. The van der Waals surface area contributed by atoms with Crippen LogP contribution in [0.2, 0.25) is 0 Å². The second-order valence-corrected chi connectivity index (χ2v) is 14.2. The molecule has 2 heteroatoms. The van der Waals surface area contributed by atoms with E-state index in [2.05, 4.69) is 211 Å². The lowest BCUT2D eigenvalue weighted by Gasteiger charge is -2.27. The zero-order valence-electron chi connectivity index (χ0n) is 29.9. The molecule has 1 atom stereocenters. The number of hydrogen-bond donors (Lipinski definition) is 0. The number of hydrogen-bond acceptors (Lipinski definition) is 1. The fourth-order valence-electron chi connectivity index (χ4n) is 8.63. The molecule has 8 aromatic carbocycles. The van der Waals surface area contributed by atoms with Gasteiger partial charge >= 0.3 is 0 Å². The Morgan fingerprint density at radius 1 is 0.434 bits per heavy atom. The number of rotatable bonds is 6. The summed E-state index contributed by atoms with van der Waals surface area (Å²) < 4.78 is 2.37. The zero-order valence-corrected chi connectivity index (χ0v) is 29.9. The lowest BCUT2D eigenvalue weighted by atomic mass is 9.95. The monoisotopic (exact) mass is 678 g/mol. The minimum absolute atomic E-state index is 0.341. The van der Waals surface area contributed by atoms with Gasteiger partial charge in [-0.15, -0.1) is 0 Å². The summed E-state index contributed by atoms with van der Waals surface area (Å²) in [6, 6.07) is 68.7. The van der Waals surface area contributed by atoms with Crippen LogP contribution in [0.15, 0.2) is 188 Å². The predicted molar refractivity (Wildman–Crippen MR) is 224 cm³/mol. The molecule has 1 unspecified atom stereocenters. The zero-order chi connectivity index (χ0) is 35.5. The molecule has 0 N–H and O–H groups in total. The molecule has 1 aliphatic rings. The minimum Gasteiger partial charge on any atom is -0.310 e. The number of aromatic nitrogens is 1. The van der Waals surface area contributed by atoms with Crippen LogP contribution in [0.3, 0.4) is 0 Å². The van der Waals surface area contributed by atoms with Gasteiger partial charge in [0.15, 0.2) is 0 Å². The van der Waals surface area contributed by atoms with Crippen molar-refractivity contribution in [2.75, 3.05) is 4.90 Å². The quantitative estimate of drug-likeness (QED) is 0.170. The van der Waals surface area contributed by atoms with Gasteiger partial charge in [-0.25, -0.2) is 0 Å². The molecule has 0 aliphatic heterocycles. The smallest absolute Gasteiger partial charge is 0.0541 e. The van der Waals surface area contributed by atoms with Gasteiger partial charge in [-0.3, -0.25) is 0 Å². The van der Waals surface area contributed by atoms with E-state index in [9.17, 15) is 0 Å². The van der Waals surface area contributed by atoms with Crippen molar-refractivity contribution in [2.24, 2.45) is 0 Å². The third-order valence-corrected chi connectivity index (χ3v) is 11.2. The molecule has 252 valence electrons. The van der Waals surface area contributed by atoms with E-state index in [0.29, 0.717) is 5.92 Å². The number of para-hydroxylation sites is 2. The Balaban J connectivity index is 1.06. The van der Waals surface area contributed by atoms with Crippen molar-refractivity contribution in [2.45, 2.75) is 19.8 Å². The van der Waals surface area contributed by atoms with Crippen LogP contribution < -0.4 is 4.90 Å². The van der Waals surface area contributed by atoms with E-state index in [1.807, 2.05) is 0 Å².